The summed E-state index contributed by atoms with van der Waals surface area (Å²) in [4.78, 5) is 13.6. The van der Waals surface area contributed by atoms with Crippen LogP contribution in [-0.2, 0) is 4.79 Å². The van der Waals surface area contributed by atoms with Gasteiger partial charge >= 0.3 is 0 Å². The van der Waals surface area contributed by atoms with E-state index < -0.39 is 0 Å². The van der Waals surface area contributed by atoms with Gasteiger partial charge in [0.2, 0.25) is 12.7 Å². The maximum atomic E-state index is 12.4. The summed E-state index contributed by atoms with van der Waals surface area (Å²) in [6.07, 6.45) is 0.426. The third-order valence-corrected chi connectivity index (χ3v) is 6.09. The minimum atomic E-state index is 0.0141. The molecule has 0 unspecified atom stereocenters. The molecule has 2 aliphatic rings. The number of benzene rings is 2. The number of amides is 1. The van der Waals surface area contributed by atoms with Gasteiger partial charge in [0.25, 0.3) is 0 Å². The molecule has 0 saturated carbocycles. The molecule has 1 N–H and O–H groups in total. The molecule has 1 atom stereocenters. The van der Waals surface area contributed by atoms with Crippen LogP contribution in [0.2, 0.25) is 0 Å². The van der Waals surface area contributed by atoms with Gasteiger partial charge in [-0.15, -0.1) is 11.3 Å². The highest BCUT2D eigenvalue weighted by atomic mass is 32.1. The van der Waals surface area contributed by atoms with Crippen LogP contribution in [0.3, 0.4) is 0 Å². The average Bonchev–Trinajstić information content (AvgIpc) is 3.33. The smallest absolute Gasteiger partial charge is 0.231 e. The number of nitrogens with one attached hydrogen (secondary N) is 1. The van der Waals surface area contributed by atoms with Gasteiger partial charge in [-0.05, 0) is 35.4 Å². The maximum absolute atomic E-state index is 12.4. The Kier molecular flexibility index (Phi) is 3.79. The van der Waals surface area contributed by atoms with Crippen molar-refractivity contribution in [1.29, 1.82) is 0 Å². The minimum absolute atomic E-state index is 0.0141. The summed E-state index contributed by atoms with van der Waals surface area (Å²) in [7, 11) is 1.65. The van der Waals surface area contributed by atoms with E-state index in [0.717, 1.165) is 39.6 Å². The molecular weight excluding hydrogens is 362 g/mol. The number of fused-ring (bicyclic) bond motifs is 2. The zero-order valence-corrected chi connectivity index (χ0v) is 15.5. The van der Waals surface area contributed by atoms with Gasteiger partial charge in [-0.1, -0.05) is 18.2 Å². The first-order chi connectivity index (χ1) is 13.2. The molecule has 0 bridgehead atoms. The lowest BCUT2D eigenvalue weighted by atomic mass is 9.89. The Bertz CT molecular complexity index is 1030. The van der Waals surface area contributed by atoms with Gasteiger partial charge in [-0.2, -0.15) is 0 Å². The Balaban J connectivity index is 1.56. The van der Waals surface area contributed by atoms with Gasteiger partial charge in [0.05, 0.1) is 12.8 Å². The number of thiophene rings is 1. The number of rotatable bonds is 3. The summed E-state index contributed by atoms with van der Waals surface area (Å²) in [5.74, 6) is 2.35. The normalized spacial score (nSPS) is 17.4. The third-order valence-electron chi connectivity index (χ3n) is 4.99. The van der Waals surface area contributed by atoms with Gasteiger partial charge < -0.3 is 19.5 Å². The summed E-state index contributed by atoms with van der Waals surface area (Å²) >= 11 is 1.68. The molecule has 0 fully saturated rings. The van der Waals surface area contributed by atoms with Gasteiger partial charge in [0.15, 0.2) is 11.5 Å². The van der Waals surface area contributed by atoms with Crippen LogP contribution in [0.5, 0.6) is 17.2 Å². The lowest BCUT2D eigenvalue weighted by Crippen LogP contribution is -2.22. The monoisotopic (exact) mass is 379 g/mol. The van der Waals surface area contributed by atoms with Crippen LogP contribution in [0.15, 0.2) is 47.8 Å². The van der Waals surface area contributed by atoms with Crippen LogP contribution in [-0.4, -0.2) is 19.8 Å². The molecule has 2 aromatic carbocycles. The predicted octanol–water partition coefficient (Wildman–Crippen LogP) is 4.63. The minimum Gasteiger partial charge on any atom is -0.497 e. The van der Waals surface area contributed by atoms with Gasteiger partial charge in [0.1, 0.15) is 5.75 Å². The highest BCUT2D eigenvalue weighted by Crippen LogP contribution is 2.48. The largest absolute Gasteiger partial charge is 0.497 e. The molecule has 0 spiro atoms. The number of carbonyl (C=O) groups is 1. The average molecular weight is 379 g/mol. The number of ether oxygens (including phenoxy) is 3. The highest BCUT2D eigenvalue weighted by Gasteiger charge is 2.31. The van der Waals surface area contributed by atoms with E-state index in [0.29, 0.717) is 6.42 Å². The van der Waals surface area contributed by atoms with Crippen molar-refractivity contribution in [2.24, 2.45) is 0 Å². The molecule has 0 saturated heterocycles. The van der Waals surface area contributed by atoms with Crippen molar-refractivity contribution in [3.63, 3.8) is 0 Å². The number of hydrogen-bond donors (Lipinski definition) is 1. The van der Waals surface area contributed by atoms with E-state index in [9.17, 15) is 4.79 Å². The Hall–Kier alpha value is -2.99. The first-order valence-corrected chi connectivity index (χ1v) is 9.56. The second kappa shape index (κ2) is 6.32. The standard InChI is InChI=1S/C21H17NO4S/c1-24-14-5-2-12(3-6-14)16-10-27-21-15(9-19(23)22-20(16)21)13-4-7-17-18(8-13)26-11-25-17/h2-8,10,15H,9,11H2,1H3,(H,22,23)/t15-/m1/s1. The molecule has 3 heterocycles. The quantitative estimate of drug-likeness (QED) is 0.721. The highest BCUT2D eigenvalue weighted by molar-refractivity contribution is 7.11. The van der Waals surface area contributed by atoms with Crippen LogP contribution < -0.4 is 19.5 Å². The summed E-state index contributed by atoms with van der Waals surface area (Å²) in [6, 6.07) is 13.8. The van der Waals surface area contributed by atoms with Crippen LogP contribution in [0.1, 0.15) is 22.8 Å². The van der Waals surface area contributed by atoms with Crippen molar-refractivity contribution in [2.75, 3.05) is 19.2 Å². The van der Waals surface area contributed by atoms with E-state index in [1.165, 1.54) is 4.88 Å². The molecule has 5 nitrogen and oxygen atoms in total. The van der Waals surface area contributed by atoms with Crippen LogP contribution in [0.4, 0.5) is 5.69 Å². The maximum Gasteiger partial charge on any atom is 0.231 e. The fourth-order valence-corrected chi connectivity index (χ4v) is 4.77. The van der Waals surface area contributed by atoms with E-state index in [4.69, 9.17) is 14.2 Å². The van der Waals surface area contributed by atoms with E-state index in [-0.39, 0.29) is 18.6 Å². The van der Waals surface area contributed by atoms with Crippen molar-refractivity contribution >= 4 is 22.9 Å². The van der Waals surface area contributed by atoms with Crippen molar-refractivity contribution < 1.29 is 19.0 Å². The number of anilines is 1. The molecule has 136 valence electrons. The zero-order chi connectivity index (χ0) is 18.4. The molecule has 0 aliphatic carbocycles. The van der Waals surface area contributed by atoms with E-state index in [1.807, 2.05) is 42.5 Å². The number of carbonyl (C=O) groups excluding carboxylic acids is 1. The molecule has 2 aliphatic heterocycles. The van der Waals surface area contributed by atoms with Crippen molar-refractivity contribution in [3.8, 4) is 28.4 Å². The summed E-state index contributed by atoms with van der Waals surface area (Å²) < 4.78 is 16.2. The van der Waals surface area contributed by atoms with Crippen LogP contribution in [0, 0.1) is 0 Å². The summed E-state index contributed by atoms with van der Waals surface area (Å²) in [5.41, 5.74) is 4.07. The fourth-order valence-electron chi connectivity index (χ4n) is 3.61. The molecule has 1 aromatic heterocycles. The molecular formula is C21H17NO4S. The molecule has 27 heavy (non-hydrogen) atoms. The molecule has 1 amide bonds. The Morgan fingerprint density at radius 1 is 1.11 bits per heavy atom. The third kappa shape index (κ3) is 2.73. The van der Waals surface area contributed by atoms with Crippen molar-refractivity contribution in [2.45, 2.75) is 12.3 Å². The van der Waals surface area contributed by atoms with Gasteiger partial charge in [-0.3, -0.25) is 4.79 Å². The molecule has 5 rings (SSSR count). The second-order valence-electron chi connectivity index (χ2n) is 6.53. The van der Waals surface area contributed by atoms with Crippen molar-refractivity contribution in [1.82, 2.24) is 0 Å². The van der Waals surface area contributed by atoms with Gasteiger partial charge in [-0.25, -0.2) is 0 Å². The number of hydrogen-bond acceptors (Lipinski definition) is 5. The Labute approximate surface area is 160 Å². The SMILES string of the molecule is COc1ccc(-c2csc3c2NC(=O)C[C@@H]3c2ccc3c(c2)OCO3)cc1. The fraction of sp³-hybridized carbons (Fsp3) is 0.190. The first kappa shape index (κ1) is 16.2. The van der Waals surface area contributed by atoms with E-state index >= 15 is 0 Å². The molecule has 3 aromatic rings. The Morgan fingerprint density at radius 3 is 2.74 bits per heavy atom. The molecule has 6 heteroatoms. The zero-order valence-electron chi connectivity index (χ0n) is 14.7. The van der Waals surface area contributed by atoms with Crippen molar-refractivity contribution in [3.05, 3.63) is 58.3 Å². The molecule has 0 radical (unpaired) electrons. The Morgan fingerprint density at radius 2 is 1.93 bits per heavy atom. The summed E-state index contributed by atoms with van der Waals surface area (Å²) in [6.45, 7) is 0.246. The lowest BCUT2D eigenvalue weighted by Gasteiger charge is -2.24. The summed E-state index contributed by atoms with van der Waals surface area (Å²) in [5, 5.41) is 5.18. The predicted molar refractivity (Wildman–Crippen MR) is 104 cm³/mol. The lowest BCUT2D eigenvalue weighted by molar-refractivity contribution is -0.116. The first-order valence-electron chi connectivity index (χ1n) is 8.68. The number of methoxy groups -OCH3 is 1. The topological polar surface area (TPSA) is 56.8 Å². The van der Waals surface area contributed by atoms with Crippen LogP contribution in [0.25, 0.3) is 11.1 Å². The second-order valence-corrected chi connectivity index (χ2v) is 7.45. The van der Waals surface area contributed by atoms with E-state index in [1.54, 1.807) is 18.4 Å². The van der Waals surface area contributed by atoms with E-state index in [2.05, 4.69) is 10.7 Å². The van der Waals surface area contributed by atoms with Gasteiger partial charge in [0, 0.05) is 28.2 Å². The van der Waals surface area contributed by atoms with Crippen LogP contribution >= 0.6 is 11.3 Å².